The number of hydrogen-bond acceptors (Lipinski definition) is 5. The van der Waals surface area contributed by atoms with Crippen LogP contribution in [0.15, 0.2) is 0 Å². The Bertz CT molecular complexity index is 438. The summed E-state index contributed by atoms with van der Waals surface area (Å²) < 4.78 is 46.7. The van der Waals surface area contributed by atoms with Gasteiger partial charge < -0.3 is 5.32 Å². The van der Waals surface area contributed by atoms with E-state index in [1.54, 1.807) is 0 Å². The summed E-state index contributed by atoms with van der Waals surface area (Å²) in [5.41, 5.74) is 0. The summed E-state index contributed by atoms with van der Waals surface area (Å²) >= 11 is 0. The molecule has 1 N–H and O–H groups in total. The Morgan fingerprint density at radius 3 is 2.35 bits per heavy atom. The van der Waals surface area contributed by atoms with Crippen LogP contribution in [-0.2, 0) is 19.9 Å². The third kappa shape index (κ3) is 5.33. The Balaban J connectivity index is 2.59. The van der Waals surface area contributed by atoms with Crippen LogP contribution in [0.5, 0.6) is 0 Å². The first kappa shape index (κ1) is 14.9. The molecule has 17 heavy (non-hydrogen) atoms. The standard InChI is InChI=1S/C9H20N2O4S2/c1-11(7-9-5-3-4-6-10-9)17(14,15)8-16(2,12)13/h9-10H,3-8H2,1-2H3. The van der Waals surface area contributed by atoms with Gasteiger partial charge in [0.05, 0.1) is 0 Å². The van der Waals surface area contributed by atoms with Gasteiger partial charge in [0.2, 0.25) is 10.0 Å². The maximum Gasteiger partial charge on any atom is 0.228 e. The molecule has 1 atom stereocenters. The number of likely N-dealkylation sites (N-methyl/N-ethyl adjacent to an activating group) is 1. The molecule has 0 spiro atoms. The van der Waals surface area contributed by atoms with Gasteiger partial charge in [-0.3, -0.25) is 0 Å². The van der Waals surface area contributed by atoms with Crippen molar-refractivity contribution in [2.45, 2.75) is 25.3 Å². The highest BCUT2D eigenvalue weighted by molar-refractivity contribution is 8.06. The van der Waals surface area contributed by atoms with E-state index in [2.05, 4.69) is 5.32 Å². The summed E-state index contributed by atoms with van der Waals surface area (Å²) in [6.45, 7) is 1.22. The number of rotatable bonds is 5. The van der Waals surface area contributed by atoms with E-state index in [0.717, 1.165) is 36.4 Å². The van der Waals surface area contributed by atoms with Gasteiger partial charge in [-0.2, -0.15) is 0 Å². The fourth-order valence-corrected chi connectivity index (χ4v) is 5.16. The highest BCUT2D eigenvalue weighted by atomic mass is 32.3. The molecular formula is C9H20N2O4S2. The molecule has 102 valence electrons. The third-order valence-electron chi connectivity index (χ3n) is 2.73. The van der Waals surface area contributed by atoms with Crippen molar-refractivity contribution < 1.29 is 16.8 Å². The molecule has 6 nitrogen and oxygen atoms in total. The molecule has 0 aliphatic carbocycles. The summed E-state index contributed by atoms with van der Waals surface area (Å²) in [5, 5.41) is 2.41. The van der Waals surface area contributed by atoms with Crippen molar-refractivity contribution in [3.05, 3.63) is 0 Å². The van der Waals surface area contributed by atoms with E-state index in [9.17, 15) is 16.8 Å². The number of piperidine rings is 1. The van der Waals surface area contributed by atoms with Gasteiger partial charge in [-0.15, -0.1) is 0 Å². The van der Waals surface area contributed by atoms with Crippen LogP contribution in [0, 0.1) is 0 Å². The normalized spacial score (nSPS) is 22.9. The predicted octanol–water partition coefficient (Wildman–Crippen LogP) is -0.608. The van der Waals surface area contributed by atoms with E-state index in [1.165, 1.54) is 7.05 Å². The van der Waals surface area contributed by atoms with Crippen LogP contribution in [0.25, 0.3) is 0 Å². The molecule has 0 aromatic heterocycles. The van der Waals surface area contributed by atoms with Crippen LogP contribution in [-0.4, -0.2) is 58.7 Å². The van der Waals surface area contributed by atoms with Gasteiger partial charge in [-0.1, -0.05) is 6.42 Å². The van der Waals surface area contributed by atoms with Gasteiger partial charge >= 0.3 is 0 Å². The quantitative estimate of drug-likeness (QED) is 0.728. The van der Waals surface area contributed by atoms with Gasteiger partial charge in [0.1, 0.15) is 0 Å². The van der Waals surface area contributed by atoms with Gasteiger partial charge in [0, 0.05) is 25.9 Å². The van der Waals surface area contributed by atoms with Crippen molar-refractivity contribution in [1.82, 2.24) is 9.62 Å². The lowest BCUT2D eigenvalue weighted by Gasteiger charge is -2.27. The first-order valence-corrected chi connectivity index (χ1v) is 9.23. The molecule has 0 saturated carbocycles. The Hall–Kier alpha value is -0.180. The summed E-state index contributed by atoms with van der Waals surface area (Å²) in [7, 11) is -5.80. The fraction of sp³-hybridized carbons (Fsp3) is 1.00. The first-order chi connectivity index (χ1) is 7.71. The smallest absolute Gasteiger partial charge is 0.228 e. The molecule has 1 unspecified atom stereocenters. The Labute approximate surface area is 103 Å². The summed E-state index contributed by atoms with van der Waals surface area (Å²) in [6.07, 6.45) is 4.05. The number of sulfonamides is 1. The van der Waals surface area contributed by atoms with Crippen molar-refractivity contribution in [2.24, 2.45) is 0 Å². The lowest BCUT2D eigenvalue weighted by atomic mass is 10.1. The van der Waals surface area contributed by atoms with Crippen molar-refractivity contribution in [2.75, 3.05) is 31.5 Å². The molecule has 1 saturated heterocycles. The minimum absolute atomic E-state index is 0.128. The summed E-state index contributed by atoms with van der Waals surface area (Å²) in [5.74, 6) is 0. The molecule has 1 aliphatic heterocycles. The largest absolute Gasteiger partial charge is 0.313 e. The van der Waals surface area contributed by atoms with Gasteiger partial charge in [0.15, 0.2) is 14.9 Å². The van der Waals surface area contributed by atoms with Crippen LogP contribution in [0.1, 0.15) is 19.3 Å². The van der Waals surface area contributed by atoms with E-state index >= 15 is 0 Å². The van der Waals surface area contributed by atoms with Crippen LogP contribution in [0.2, 0.25) is 0 Å². The van der Waals surface area contributed by atoms with E-state index in [0.29, 0.717) is 6.54 Å². The first-order valence-electron chi connectivity index (χ1n) is 5.56. The van der Waals surface area contributed by atoms with Crippen LogP contribution >= 0.6 is 0 Å². The number of hydrogen-bond donors (Lipinski definition) is 1. The second-order valence-electron chi connectivity index (χ2n) is 4.58. The highest BCUT2D eigenvalue weighted by Crippen LogP contribution is 2.10. The Kier molecular flexibility index (Phi) is 4.94. The Morgan fingerprint density at radius 2 is 1.88 bits per heavy atom. The molecule has 1 aliphatic rings. The van der Waals surface area contributed by atoms with Gasteiger partial charge in [-0.05, 0) is 19.4 Å². The molecule has 1 heterocycles. The maximum absolute atomic E-state index is 11.7. The monoisotopic (exact) mass is 284 g/mol. The van der Waals surface area contributed by atoms with E-state index in [-0.39, 0.29) is 6.04 Å². The van der Waals surface area contributed by atoms with E-state index < -0.39 is 24.9 Å². The molecule has 0 radical (unpaired) electrons. The zero-order chi connectivity index (χ0) is 13.1. The van der Waals surface area contributed by atoms with E-state index in [4.69, 9.17) is 0 Å². The minimum atomic E-state index is -3.71. The van der Waals surface area contributed by atoms with Gasteiger partial charge in [-0.25, -0.2) is 21.1 Å². The van der Waals surface area contributed by atoms with Crippen LogP contribution in [0.4, 0.5) is 0 Å². The SMILES string of the molecule is CN(CC1CCCCN1)S(=O)(=O)CS(C)(=O)=O. The number of nitrogens with zero attached hydrogens (tertiary/aromatic N) is 1. The van der Waals surface area contributed by atoms with Crippen molar-refractivity contribution >= 4 is 19.9 Å². The molecule has 0 aromatic carbocycles. The van der Waals surface area contributed by atoms with Crippen molar-refractivity contribution in [3.63, 3.8) is 0 Å². The molecule has 0 bridgehead atoms. The minimum Gasteiger partial charge on any atom is -0.313 e. The van der Waals surface area contributed by atoms with Crippen LogP contribution in [0.3, 0.4) is 0 Å². The van der Waals surface area contributed by atoms with Gasteiger partial charge in [0.25, 0.3) is 0 Å². The summed E-state index contributed by atoms with van der Waals surface area (Å²) in [4.78, 5) is 0. The molecular weight excluding hydrogens is 264 g/mol. The maximum atomic E-state index is 11.7. The lowest BCUT2D eigenvalue weighted by molar-refractivity contribution is 0.338. The topological polar surface area (TPSA) is 83.6 Å². The average Bonchev–Trinajstić information content (AvgIpc) is 2.15. The summed E-state index contributed by atoms with van der Waals surface area (Å²) in [6, 6.07) is 0.128. The fourth-order valence-electron chi connectivity index (χ4n) is 1.86. The zero-order valence-electron chi connectivity index (χ0n) is 10.2. The molecule has 1 rings (SSSR count). The Morgan fingerprint density at radius 1 is 1.24 bits per heavy atom. The number of sulfone groups is 1. The highest BCUT2D eigenvalue weighted by Gasteiger charge is 2.26. The van der Waals surface area contributed by atoms with Crippen molar-refractivity contribution in [3.8, 4) is 0 Å². The second-order valence-corrected chi connectivity index (χ2v) is 9.16. The zero-order valence-corrected chi connectivity index (χ0v) is 11.8. The molecule has 0 amide bonds. The van der Waals surface area contributed by atoms with Crippen LogP contribution < -0.4 is 5.32 Å². The number of nitrogens with one attached hydrogen (secondary N) is 1. The van der Waals surface area contributed by atoms with Crippen molar-refractivity contribution in [1.29, 1.82) is 0 Å². The molecule has 0 aromatic rings. The third-order valence-corrected chi connectivity index (χ3v) is 6.73. The molecule has 1 fully saturated rings. The average molecular weight is 284 g/mol. The lowest BCUT2D eigenvalue weighted by Crippen LogP contribution is -2.45. The second kappa shape index (κ2) is 5.64. The van der Waals surface area contributed by atoms with E-state index in [1.807, 2.05) is 0 Å². The molecule has 8 heteroatoms. The predicted molar refractivity (Wildman–Crippen MR) is 66.9 cm³/mol.